The van der Waals surface area contributed by atoms with Gasteiger partial charge in [-0.15, -0.1) is 0 Å². The molecule has 0 radical (unpaired) electrons. The number of H-pyrrole nitrogens is 1. The van der Waals surface area contributed by atoms with E-state index in [-0.39, 0.29) is 5.91 Å². The van der Waals surface area contributed by atoms with E-state index in [2.05, 4.69) is 26.8 Å². The predicted octanol–water partition coefficient (Wildman–Crippen LogP) is 3.14. The third-order valence-electron chi connectivity index (χ3n) is 5.82. The summed E-state index contributed by atoms with van der Waals surface area (Å²) in [6.45, 7) is 2.42. The Morgan fingerprint density at radius 3 is 2.68 bits per heavy atom. The van der Waals surface area contributed by atoms with Crippen molar-refractivity contribution in [3.05, 3.63) is 83.9 Å². The van der Waals surface area contributed by atoms with E-state index in [1.165, 1.54) is 0 Å². The summed E-state index contributed by atoms with van der Waals surface area (Å²) in [4.78, 5) is 26.4. The van der Waals surface area contributed by atoms with Gasteiger partial charge in [0.25, 0.3) is 5.91 Å². The van der Waals surface area contributed by atoms with Gasteiger partial charge < -0.3 is 14.6 Å². The van der Waals surface area contributed by atoms with Crippen molar-refractivity contribution in [1.82, 2.24) is 29.5 Å². The second-order valence-electron chi connectivity index (χ2n) is 8.00. The van der Waals surface area contributed by atoms with Crippen LogP contribution >= 0.6 is 0 Å². The van der Waals surface area contributed by atoms with E-state index < -0.39 is 0 Å². The number of nitrogens with zero attached hydrogens (tertiary/aromatic N) is 5. The Labute approximate surface area is 195 Å². The number of hydrogen-bond acceptors (Lipinski definition) is 5. The maximum absolute atomic E-state index is 12.7. The number of rotatable bonds is 2. The Bertz CT molecular complexity index is 1570. The minimum atomic E-state index is 0.0257. The van der Waals surface area contributed by atoms with Crippen LogP contribution < -0.4 is 0 Å². The number of morpholine rings is 1. The number of aromatic nitrogens is 5. The van der Waals surface area contributed by atoms with Crippen LogP contribution in [-0.4, -0.2) is 61.7 Å². The zero-order chi connectivity index (χ0) is 22.9. The van der Waals surface area contributed by atoms with Crippen molar-refractivity contribution in [1.29, 1.82) is 0 Å². The van der Waals surface area contributed by atoms with E-state index >= 15 is 0 Å². The van der Waals surface area contributed by atoms with E-state index in [1.54, 1.807) is 16.9 Å². The Morgan fingerprint density at radius 1 is 0.971 bits per heavy atom. The average molecular weight is 448 g/mol. The van der Waals surface area contributed by atoms with E-state index in [9.17, 15) is 4.79 Å². The maximum Gasteiger partial charge on any atom is 0.254 e. The molecule has 0 saturated carbocycles. The first-order valence-electron chi connectivity index (χ1n) is 11.0. The highest BCUT2D eigenvalue weighted by atomic mass is 16.5. The molecule has 0 unspecified atom stereocenters. The second-order valence-corrected chi connectivity index (χ2v) is 8.00. The number of aromatic amines is 1. The summed E-state index contributed by atoms with van der Waals surface area (Å²) >= 11 is 0. The van der Waals surface area contributed by atoms with Crippen LogP contribution in [0.4, 0.5) is 0 Å². The molecule has 6 rings (SSSR count). The van der Waals surface area contributed by atoms with Gasteiger partial charge in [0.2, 0.25) is 0 Å². The van der Waals surface area contributed by atoms with Crippen LogP contribution in [0.5, 0.6) is 0 Å². The molecule has 0 spiro atoms. The fourth-order valence-electron chi connectivity index (χ4n) is 3.99. The van der Waals surface area contributed by atoms with E-state index in [4.69, 9.17) is 9.84 Å². The Kier molecular flexibility index (Phi) is 5.02. The van der Waals surface area contributed by atoms with Crippen molar-refractivity contribution >= 4 is 22.6 Å². The lowest BCUT2D eigenvalue weighted by Crippen LogP contribution is -2.40. The first kappa shape index (κ1) is 20.1. The highest BCUT2D eigenvalue weighted by molar-refractivity contribution is 5.94. The van der Waals surface area contributed by atoms with Crippen LogP contribution in [-0.2, 0) is 4.74 Å². The van der Waals surface area contributed by atoms with Crippen LogP contribution in [0.25, 0.3) is 27.9 Å². The standard InChI is InChI=1S/C26H20N6O2/c33-26(31-11-13-34-14-12-31)20-4-2-19(3-5-20)23-7-8-24-28-17-22(32(24)30-23)6-1-18-15-21-9-10-27-25(21)29-16-18/h2-5,7-10,15-17H,11-14H2,(H,27,29). The third-order valence-corrected chi connectivity index (χ3v) is 5.82. The SMILES string of the molecule is O=C(c1ccc(-c2ccc3ncc(C#Cc4cnc5[nH]ccc5c4)n3n2)cc1)N1CCOCC1. The normalized spacial score (nSPS) is 13.7. The van der Waals surface area contributed by atoms with Gasteiger partial charge in [-0.25, -0.2) is 14.5 Å². The third kappa shape index (κ3) is 3.78. The maximum atomic E-state index is 12.7. The molecule has 5 aromatic rings. The number of carbonyl (C=O) groups excluding carboxylic acids is 1. The number of pyridine rings is 1. The molecule has 34 heavy (non-hydrogen) atoms. The van der Waals surface area contributed by atoms with Crippen molar-refractivity contribution in [3.8, 4) is 23.1 Å². The molecule has 0 bridgehead atoms. The van der Waals surface area contributed by atoms with Crippen molar-refractivity contribution in [3.63, 3.8) is 0 Å². The molecule has 0 atom stereocenters. The van der Waals surface area contributed by atoms with Gasteiger partial charge >= 0.3 is 0 Å². The quantitative estimate of drug-likeness (QED) is 0.419. The number of benzene rings is 1. The Hall–Kier alpha value is -4.48. The highest BCUT2D eigenvalue weighted by Gasteiger charge is 2.18. The molecule has 1 aliphatic rings. The summed E-state index contributed by atoms with van der Waals surface area (Å²) < 4.78 is 7.07. The summed E-state index contributed by atoms with van der Waals surface area (Å²) in [5.41, 5.74) is 5.40. The lowest BCUT2D eigenvalue weighted by atomic mass is 10.1. The van der Waals surface area contributed by atoms with Crippen LogP contribution in [0.2, 0.25) is 0 Å². The summed E-state index contributed by atoms with van der Waals surface area (Å²) in [6.07, 6.45) is 5.31. The number of amides is 1. The second kappa shape index (κ2) is 8.46. The Morgan fingerprint density at radius 2 is 1.82 bits per heavy atom. The molecule has 1 amide bonds. The van der Waals surface area contributed by atoms with E-state index in [0.29, 0.717) is 43.2 Å². The first-order chi connectivity index (χ1) is 16.7. The highest BCUT2D eigenvalue weighted by Crippen LogP contribution is 2.20. The van der Waals surface area contributed by atoms with Crippen LogP contribution in [0.1, 0.15) is 21.6 Å². The lowest BCUT2D eigenvalue weighted by Gasteiger charge is -2.26. The van der Waals surface area contributed by atoms with Gasteiger partial charge in [0.1, 0.15) is 11.3 Å². The monoisotopic (exact) mass is 448 g/mol. The molecule has 1 aromatic carbocycles. The molecule has 1 N–H and O–H groups in total. The number of carbonyl (C=O) groups is 1. The Balaban J connectivity index is 1.27. The molecular weight excluding hydrogens is 428 g/mol. The topological polar surface area (TPSA) is 88.4 Å². The van der Waals surface area contributed by atoms with Crippen molar-refractivity contribution in [2.75, 3.05) is 26.3 Å². The number of nitrogens with one attached hydrogen (secondary N) is 1. The van der Waals surface area contributed by atoms with Gasteiger partial charge in [0.05, 0.1) is 25.1 Å². The number of ether oxygens (including phenoxy) is 1. The molecule has 8 nitrogen and oxygen atoms in total. The minimum absolute atomic E-state index is 0.0257. The molecule has 1 aliphatic heterocycles. The van der Waals surface area contributed by atoms with Crippen molar-refractivity contribution < 1.29 is 9.53 Å². The van der Waals surface area contributed by atoms with Gasteiger partial charge in [-0.3, -0.25) is 4.79 Å². The van der Waals surface area contributed by atoms with Crippen LogP contribution in [0.3, 0.4) is 0 Å². The van der Waals surface area contributed by atoms with E-state index in [0.717, 1.165) is 27.9 Å². The van der Waals surface area contributed by atoms with Gasteiger partial charge in [0.15, 0.2) is 5.65 Å². The lowest BCUT2D eigenvalue weighted by molar-refractivity contribution is 0.0303. The number of imidazole rings is 1. The van der Waals surface area contributed by atoms with Gasteiger partial charge in [-0.1, -0.05) is 18.1 Å². The zero-order valence-electron chi connectivity index (χ0n) is 18.2. The van der Waals surface area contributed by atoms with Crippen molar-refractivity contribution in [2.24, 2.45) is 0 Å². The number of fused-ring (bicyclic) bond motifs is 2. The summed E-state index contributed by atoms with van der Waals surface area (Å²) in [6, 6.07) is 15.3. The first-order valence-corrected chi connectivity index (χ1v) is 11.0. The largest absolute Gasteiger partial charge is 0.378 e. The predicted molar refractivity (Wildman–Crippen MR) is 127 cm³/mol. The molecule has 1 saturated heterocycles. The van der Waals surface area contributed by atoms with Crippen LogP contribution in [0.15, 0.2) is 67.1 Å². The van der Waals surface area contributed by atoms with Gasteiger partial charge in [-0.05, 0) is 42.3 Å². The fraction of sp³-hybridized carbons (Fsp3) is 0.154. The van der Waals surface area contributed by atoms with Gasteiger partial charge in [-0.2, -0.15) is 5.10 Å². The molecule has 5 heterocycles. The molecule has 166 valence electrons. The summed E-state index contributed by atoms with van der Waals surface area (Å²) in [5.74, 6) is 6.34. The average Bonchev–Trinajstić information content (AvgIpc) is 3.54. The smallest absolute Gasteiger partial charge is 0.254 e. The fourth-order valence-corrected chi connectivity index (χ4v) is 3.99. The molecule has 8 heteroatoms. The van der Waals surface area contributed by atoms with Crippen molar-refractivity contribution in [2.45, 2.75) is 0 Å². The molecular formula is C26H20N6O2. The number of hydrogen-bond donors (Lipinski definition) is 1. The molecule has 0 aliphatic carbocycles. The molecule has 1 fully saturated rings. The van der Waals surface area contributed by atoms with E-state index in [1.807, 2.05) is 59.6 Å². The minimum Gasteiger partial charge on any atom is -0.378 e. The van der Waals surface area contributed by atoms with Gasteiger partial charge in [0, 0.05) is 47.6 Å². The zero-order valence-corrected chi connectivity index (χ0v) is 18.2. The van der Waals surface area contributed by atoms with Crippen LogP contribution in [0, 0.1) is 11.8 Å². The molecule has 4 aromatic heterocycles. The summed E-state index contributed by atoms with van der Waals surface area (Å²) in [5, 5.41) is 5.76. The summed E-state index contributed by atoms with van der Waals surface area (Å²) in [7, 11) is 0.